The van der Waals surface area contributed by atoms with E-state index in [1.54, 1.807) is 7.11 Å². The van der Waals surface area contributed by atoms with E-state index in [2.05, 4.69) is 32.9 Å². The van der Waals surface area contributed by atoms with Crippen LogP contribution in [0.3, 0.4) is 0 Å². The Bertz CT molecular complexity index is 657. The van der Waals surface area contributed by atoms with Crippen LogP contribution in [0.25, 0.3) is 0 Å². The van der Waals surface area contributed by atoms with E-state index >= 15 is 0 Å². The van der Waals surface area contributed by atoms with Gasteiger partial charge in [-0.15, -0.1) is 0 Å². The number of hydrogen-bond acceptors (Lipinski definition) is 5. The SMILES string of the molecule is COCCCOc1cc(C[C@H](OC(=O)NC(C)(C)C)C(C)(C)C)c(I)nc1Cl. The third-order valence-electron chi connectivity index (χ3n) is 3.82. The fourth-order valence-corrected chi connectivity index (χ4v) is 3.26. The minimum atomic E-state index is -0.430. The van der Waals surface area contributed by atoms with Crippen molar-refractivity contribution in [2.45, 2.75) is 66.0 Å². The maximum absolute atomic E-state index is 12.3. The number of nitrogens with one attached hydrogen (secondary N) is 1. The number of alkyl carbamates (subject to hydrolysis) is 1. The van der Waals surface area contributed by atoms with Gasteiger partial charge in [0, 0.05) is 32.1 Å². The average Bonchev–Trinajstić information content (AvgIpc) is 2.51. The number of carbonyl (C=O) groups is 1. The van der Waals surface area contributed by atoms with Gasteiger partial charge >= 0.3 is 6.09 Å². The molecule has 0 aliphatic rings. The summed E-state index contributed by atoms with van der Waals surface area (Å²) in [4.78, 5) is 16.7. The minimum absolute atomic E-state index is 0.253. The summed E-state index contributed by atoms with van der Waals surface area (Å²) in [7, 11) is 1.65. The Hall–Kier alpha value is -0.800. The second kappa shape index (κ2) is 10.8. The molecule has 0 fully saturated rings. The average molecular weight is 527 g/mol. The maximum atomic E-state index is 12.3. The van der Waals surface area contributed by atoms with Crippen LogP contribution in [-0.4, -0.2) is 43.0 Å². The van der Waals surface area contributed by atoms with E-state index < -0.39 is 6.09 Å². The molecule has 1 heterocycles. The van der Waals surface area contributed by atoms with Crippen molar-refractivity contribution >= 4 is 40.3 Å². The first-order valence-corrected chi connectivity index (χ1v) is 10.7. The quantitative estimate of drug-likeness (QED) is 0.285. The zero-order chi connectivity index (χ0) is 21.5. The van der Waals surface area contributed by atoms with Crippen LogP contribution in [0.2, 0.25) is 5.15 Å². The molecule has 1 aromatic heterocycles. The molecule has 0 unspecified atom stereocenters. The third-order valence-corrected chi connectivity index (χ3v) is 5.02. The number of halogens is 2. The van der Waals surface area contributed by atoms with E-state index in [1.165, 1.54) is 0 Å². The molecule has 1 rings (SSSR count). The Morgan fingerprint density at radius 2 is 1.89 bits per heavy atom. The van der Waals surface area contributed by atoms with Crippen molar-refractivity contribution in [3.63, 3.8) is 0 Å². The number of aromatic nitrogens is 1. The summed E-state index contributed by atoms with van der Waals surface area (Å²) in [5, 5.41) is 3.17. The van der Waals surface area contributed by atoms with Gasteiger partial charge in [0.15, 0.2) is 10.9 Å². The number of rotatable bonds is 8. The fourth-order valence-electron chi connectivity index (χ4n) is 2.31. The molecule has 160 valence electrons. The molecular formula is C20H32ClIN2O4. The molecule has 1 N–H and O–H groups in total. The van der Waals surface area contributed by atoms with Gasteiger partial charge in [-0.25, -0.2) is 9.78 Å². The largest absolute Gasteiger partial charge is 0.490 e. The molecular weight excluding hydrogens is 495 g/mol. The molecule has 8 heteroatoms. The Kier molecular flexibility index (Phi) is 9.76. The summed E-state index contributed by atoms with van der Waals surface area (Å²) in [6.07, 6.45) is 0.500. The Labute approximate surface area is 187 Å². The molecule has 6 nitrogen and oxygen atoms in total. The number of amides is 1. The zero-order valence-electron chi connectivity index (χ0n) is 17.8. The summed E-state index contributed by atoms with van der Waals surface area (Å²) in [5.41, 5.74) is 0.311. The van der Waals surface area contributed by atoms with Crippen molar-refractivity contribution in [1.29, 1.82) is 0 Å². The number of nitrogens with zero attached hydrogens (tertiary/aromatic N) is 1. The molecule has 0 aliphatic carbocycles. The highest BCUT2D eigenvalue weighted by Crippen LogP contribution is 2.31. The van der Waals surface area contributed by atoms with E-state index in [-0.39, 0.29) is 17.1 Å². The summed E-state index contributed by atoms with van der Waals surface area (Å²) >= 11 is 8.37. The lowest BCUT2D eigenvalue weighted by Gasteiger charge is -2.32. The van der Waals surface area contributed by atoms with Crippen LogP contribution in [0.5, 0.6) is 5.75 Å². The Balaban J connectivity index is 2.97. The highest BCUT2D eigenvalue weighted by atomic mass is 127. The van der Waals surface area contributed by atoms with Crippen LogP contribution in [0.4, 0.5) is 4.79 Å². The van der Waals surface area contributed by atoms with Crippen LogP contribution in [0.1, 0.15) is 53.5 Å². The van der Waals surface area contributed by atoms with E-state index in [0.29, 0.717) is 30.5 Å². The molecule has 1 aromatic rings. The smallest absolute Gasteiger partial charge is 0.407 e. The number of ether oxygens (including phenoxy) is 3. The van der Waals surface area contributed by atoms with Crippen molar-refractivity contribution < 1.29 is 19.0 Å². The van der Waals surface area contributed by atoms with Crippen LogP contribution >= 0.6 is 34.2 Å². The summed E-state index contributed by atoms with van der Waals surface area (Å²) in [5.74, 6) is 0.528. The topological polar surface area (TPSA) is 69.7 Å². The standard InChI is InChI=1S/C20H32ClIN2O4/c1-19(2,3)15(28-18(25)24-20(4,5)6)12-13-11-14(16(21)23-17(13)22)27-10-8-9-26-7/h11,15H,8-10,12H2,1-7H3,(H,24,25)/t15-/m0/s1. The Morgan fingerprint density at radius 3 is 2.43 bits per heavy atom. The lowest BCUT2D eigenvalue weighted by molar-refractivity contribution is 0.0281. The molecule has 0 bridgehead atoms. The predicted molar refractivity (Wildman–Crippen MR) is 120 cm³/mol. The molecule has 0 saturated heterocycles. The van der Waals surface area contributed by atoms with Gasteiger partial charge in [0.25, 0.3) is 0 Å². The summed E-state index contributed by atoms with van der Waals surface area (Å²) < 4.78 is 17.3. The van der Waals surface area contributed by atoms with Crippen molar-refractivity contribution in [3.8, 4) is 5.75 Å². The van der Waals surface area contributed by atoms with E-state index in [9.17, 15) is 4.79 Å². The number of hydrogen-bond donors (Lipinski definition) is 1. The van der Waals surface area contributed by atoms with Gasteiger partial charge in [0.2, 0.25) is 0 Å². The van der Waals surface area contributed by atoms with E-state index in [0.717, 1.165) is 15.7 Å². The molecule has 0 spiro atoms. The normalized spacial score (nSPS) is 13.2. The predicted octanol–water partition coefficient (Wildman–Crippen LogP) is 5.24. The summed E-state index contributed by atoms with van der Waals surface area (Å²) in [6.45, 7) is 13.0. The summed E-state index contributed by atoms with van der Waals surface area (Å²) in [6, 6.07) is 1.88. The monoisotopic (exact) mass is 526 g/mol. The molecule has 0 radical (unpaired) electrons. The van der Waals surface area contributed by atoms with Gasteiger partial charge in [-0.05, 0) is 60.4 Å². The highest BCUT2D eigenvalue weighted by molar-refractivity contribution is 14.1. The van der Waals surface area contributed by atoms with Gasteiger partial charge in [0.1, 0.15) is 9.80 Å². The molecule has 0 aliphatic heterocycles. The lowest BCUT2D eigenvalue weighted by atomic mass is 9.85. The minimum Gasteiger partial charge on any atom is -0.490 e. The first kappa shape index (κ1) is 25.2. The molecule has 1 atom stereocenters. The first-order valence-electron chi connectivity index (χ1n) is 9.29. The number of carbonyl (C=O) groups excluding carboxylic acids is 1. The first-order chi connectivity index (χ1) is 12.8. The lowest BCUT2D eigenvalue weighted by Crippen LogP contribution is -2.45. The van der Waals surface area contributed by atoms with E-state index in [4.69, 9.17) is 25.8 Å². The number of methoxy groups -OCH3 is 1. The molecule has 0 saturated carbocycles. The van der Waals surface area contributed by atoms with Crippen LogP contribution in [0, 0.1) is 9.12 Å². The van der Waals surface area contributed by atoms with E-state index in [1.807, 2.05) is 47.6 Å². The third kappa shape index (κ3) is 9.13. The molecule has 1 amide bonds. The van der Waals surface area contributed by atoms with Crippen LogP contribution < -0.4 is 10.1 Å². The molecule has 28 heavy (non-hydrogen) atoms. The van der Waals surface area contributed by atoms with Crippen molar-refractivity contribution in [3.05, 3.63) is 20.5 Å². The second-order valence-corrected chi connectivity index (χ2v) is 10.1. The van der Waals surface area contributed by atoms with Crippen molar-refractivity contribution in [2.24, 2.45) is 5.41 Å². The van der Waals surface area contributed by atoms with Gasteiger partial charge in [-0.2, -0.15) is 0 Å². The highest BCUT2D eigenvalue weighted by Gasteiger charge is 2.31. The van der Waals surface area contributed by atoms with Gasteiger partial charge in [0.05, 0.1) is 6.61 Å². The fraction of sp³-hybridized carbons (Fsp3) is 0.700. The molecule has 0 aromatic carbocycles. The maximum Gasteiger partial charge on any atom is 0.407 e. The Morgan fingerprint density at radius 1 is 1.25 bits per heavy atom. The van der Waals surface area contributed by atoms with Gasteiger partial charge in [-0.3, -0.25) is 0 Å². The van der Waals surface area contributed by atoms with Crippen LogP contribution in [0.15, 0.2) is 6.07 Å². The zero-order valence-corrected chi connectivity index (χ0v) is 20.7. The van der Waals surface area contributed by atoms with Crippen molar-refractivity contribution in [2.75, 3.05) is 20.3 Å². The second-order valence-electron chi connectivity index (χ2n) is 8.76. The van der Waals surface area contributed by atoms with Crippen LogP contribution in [-0.2, 0) is 15.9 Å². The number of pyridine rings is 1. The van der Waals surface area contributed by atoms with Crippen molar-refractivity contribution in [1.82, 2.24) is 10.3 Å². The van der Waals surface area contributed by atoms with Gasteiger partial charge < -0.3 is 19.5 Å². The van der Waals surface area contributed by atoms with Gasteiger partial charge in [-0.1, -0.05) is 32.4 Å².